The molecule has 220 valence electrons. The fourth-order valence-electron chi connectivity index (χ4n) is 5.93. The van der Waals surface area contributed by atoms with Crippen LogP contribution in [0.5, 0.6) is 5.88 Å². The van der Waals surface area contributed by atoms with Gasteiger partial charge in [0, 0.05) is 41.0 Å². The number of carbonyl (C=O) groups is 2. The molecule has 0 unspecified atom stereocenters. The van der Waals surface area contributed by atoms with Crippen molar-refractivity contribution in [2.24, 2.45) is 11.8 Å². The van der Waals surface area contributed by atoms with E-state index in [0.717, 1.165) is 31.4 Å². The van der Waals surface area contributed by atoms with Crippen LogP contribution in [-0.4, -0.2) is 38.9 Å². The third-order valence-electron chi connectivity index (χ3n) is 8.27. The lowest BCUT2D eigenvalue weighted by Gasteiger charge is -2.27. The lowest BCUT2D eigenvalue weighted by Crippen LogP contribution is -2.38. The van der Waals surface area contributed by atoms with Gasteiger partial charge >= 0.3 is 12.3 Å². The number of aliphatic carboxylic acids is 1. The first kappa shape index (κ1) is 29.9. The molecule has 2 aliphatic rings. The molecule has 2 aliphatic carbocycles. The van der Waals surface area contributed by atoms with E-state index in [9.17, 15) is 27.9 Å². The summed E-state index contributed by atoms with van der Waals surface area (Å²) in [4.78, 5) is 28.9. The van der Waals surface area contributed by atoms with Gasteiger partial charge in [0.2, 0.25) is 5.88 Å². The average molecular weight is 564 g/mol. The number of carboxylic acids is 1. The Balaban J connectivity index is 1.71. The van der Waals surface area contributed by atoms with E-state index in [2.05, 4.69) is 19.6 Å². The van der Waals surface area contributed by atoms with Crippen molar-refractivity contribution in [2.75, 3.05) is 0 Å². The Morgan fingerprint density at radius 1 is 1.02 bits per heavy atom. The molecule has 0 saturated heterocycles. The predicted molar refractivity (Wildman–Crippen MR) is 145 cm³/mol. The molecule has 40 heavy (non-hydrogen) atoms. The van der Waals surface area contributed by atoms with Crippen LogP contribution < -0.4 is 10.1 Å². The molecule has 0 aliphatic heterocycles. The van der Waals surface area contributed by atoms with E-state index in [4.69, 9.17) is 0 Å². The summed E-state index contributed by atoms with van der Waals surface area (Å²) < 4.78 is 45.9. The van der Waals surface area contributed by atoms with Crippen molar-refractivity contribution in [3.05, 3.63) is 35.2 Å². The molecule has 2 fully saturated rings. The molecular weight excluding hydrogens is 523 g/mol. The molecule has 0 aromatic carbocycles. The maximum atomic E-state index is 13.5. The van der Waals surface area contributed by atoms with Crippen molar-refractivity contribution in [2.45, 2.75) is 110 Å². The van der Waals surface area contributed by atoms with E-state index < -0.39 is 23.6 Å². The van der Waals surface area contributed by atoms with Crippen LogP contribution in [-0.2, 0) is 16.8 Å². The summed E-state index contributed by atoms with van der Waals surface area (Å²) >= 11 is 0. The van der Waals surface area contributed by atoms with Crippen molar-refractivity contribution in [3.8, 4) is 17.1 Å². The number of hydrogen-bond donors (Lipinski definition) is 2. The fraction of sp³-hybridized carbons (Fsp3) is 0.633. The maximum Gasteiger partial charge on any atom is 0.574 e. The zero-order valence-electron chi connectivity index (χ0n) is 23.7. The fourth-order valence-corrected chi connectivity index (χ4v) is 5.93. The van der Waals surface area contributed by atoms with Gasteiger partial charge in [-0.05, 0) is 63.5 Å². The number of pyridine rings is 1. The Labute approximate surface area is 233 Å². The summed E-state index contributed by atoms with van der Waals surface area (Å²) in [5.74, 6) is -1.55. The Bertz CT molecular complexity index is 1220. The van der Waals surface area contributed by atoms with Crippen LogP contribution in [0.2, 0.25) is 0 Å². The summed E-state index contributed by atoms with van der Waals surface area (Å²) in [6, 6.07) is 4.72. The van der Waals surface area contributed by atoms with E-state index in [1.165, 1.54) is 12.5 Å². The highest BCUT2D eigenvalue weighted by molar-refractivity contribution is 5.97. The van der Waals surface area contributed by atoms with Crippen LogP contribution in [0, 0.1) is 18.8 Å². The number of nitrogens with one attached hydrogen (secondary N) is 1. The summed E-state index contributed by atoms with van der Waals surface area (Å²) in [5.41, 5.74) is 2.31. The van der Waals surface area contributed by atoms with Gasteiger partial charge in [0.05, 0.1) is 17.2 Å². The summed E-state index contributed by atoms with van der Waals surface area (Å²) in [6.07, 6.45) is 2.94. The van der Waals surface area contributed by atoms with Crippen molar-refractivity contribution >= 4 is 11.9 Å². The minimum atomic E-state index is -4.88. The third-order valence-corrected chi connectivity index (χ3v) is 8.27. The first-order valence-electron chi connectivity index (χ1n) is 14.2. The highest BCUT2D eigenvalue weighted by Crippen LogP contribution is 2.36. The second-order valence-electron chi connectivity index (χ2n) is 12.4. The van der Waals surface area contributed by atoms with E-state index in [0.29, 0.717) is 60.7 Å². The van der Waals surface area contributed by atoms with E-state index in [-0.39, 0.29) is 17.9 Å². The van der Waals surface area contributed by atoms with Crippen LogP contribution in [0.3, 0.4) is 0 Å². The van der Waals surface area contributed by atoms with Gasteiger partial charge in [0.1, 0.15) is 0 Å². The van der Waals surface area contributed by atoms with Gasteiger partial charge in [-0.1, -0.05) is 40.0 Å². The van der Waals surface area contributed by atoms with Crippen molar-refractivity contribution in [1.29, 1.82) is 0 Å². The highest BCUT2D eigenvalue weighted by atomic mass is 19.4. The smallest absolute Gasteiger partial charge is 0.481 e. The van der Waals surface area contributed by atoms with Crippen molar-refractivity contribution in [3.63, 3.8) is 0 Å². The second kappa shape index (κ2) is 11.8. The number of nitrogens with zero attached hydrogens (tertiary/aromatic N) is 2. The van der Waals surface area contributed by atoms with E-state index in [1.807, 2.05) is 27.7 Å². The molecule has 0 bridgehead atoms. The minimum absolute atomic E-state index is 0.118. The highest BCUT2D eigenvalue weighted by Gasteiger charge is 2.33. The van der Waals surface area contributed by atoms with Crippen molar-refractivity contribution in [1.82, 2.24) is 14.9 Å². The molecule has 2 aromatic rings. The Hall–Kier alpha value is -3.04. The predicted octanol–water partition coefficient (Wildman–Crippen LogP) is 7.01. The lowest BCUT2D eigenvalue weighted by molar-refractivity contribution is -0.276. The van der Waals surface area contributed by atoms with Gasteiger partial charge in [-0.2, -0.15) is 0 Å². The van der Waals surface area contributed by atoms with Crippen LogP contribution in [0.15, 0.2) is 18.2 Å². The van der Waals surface area contributed by atoms with Crippen LogP contribution in [0.25, 0.3) is 11.3 Å². The molecule has 2 heterocycles. The van der Waals surface area contributed by atoms with Gasteiger partial charge in [-0.3, -0.25) is 9.59 Å². The van der Waals surface area contributed by atoms with Crippen LogP contribution >= 0.6 is 0 Å². The summed E-state index contributed by atoms with van der Waals surface area (Å²) in [6.45, 7) is 8.17. The average Bonchev–Trinajstić information content (AvgIpc) is 3.19. The number of hydrogen-bond acceptors (Lipinski definition) is 4. The van der Waals surface area contributed by atoms with Gasteiger partial charge in [0.25, 0.3) is 5.91 Å². The number of halogens is 3. The normalized spacial score (nSPS) is 20.8. The largest absolute Gasteiger partial charge is 0.574 e. The molecule has 0 radical (unpaired) electrons. The molecule has 10 heteroatoms. The number of carbonyl (C=O) groups excluding carboxylic acids is 1. The number of carboxylic acid groups (broad SMARTS) is 1. The molecule has 1 amide bonds. The lowest BCUT2D eigenvalue weighted by atomic mass is 9.86. The third kappa shape index (κ3) is 7.37. The Morgan fingerprint density at radius 3 is 2.25 bits per heavy atom. The van der Waals surface area contributed by atoms with E-state index in [1.54, 1.807) is 12.1 Å². The second-order valence-corrected chi connectivity index (χ2v) is 12.4. The Kier molecular flexibility index (Phi) is 8.85. The molecule has 7 nitrogen and oxygen atoms in total. The summed E-state index contributed by atoms with van der Waals surface area (Å²) in [7, 11) is 0. The molecule has 2 saturated carbocycles. The number of aromatic nitrogens is 2. The zero-order chi connectivity index (χ0) is 29.2. The SMILES string of the molecule is Cc1c(C(=O)NC2CCC(C(=O)O)CC2)cc(-c2cc(OC(F)(F)F)nc(C(C)(C)C)c2)n1CC1CCCCC1. The standard InChI is InChI=1S/C30H40F3N3O4/c1-18-23(27(37)34-22-12-10-20(11-13-22)28(38)39)16-24(36(18)17-19-8-6-5-7-9-19)21-14-25(29(2,3)4)35-26(15-21)40-30(31,32)33/h14-16,19-20,22H,5-13,17H2,1-4H3,(H,34,37)(H,38,39). The molecule has 2 N–H and O–H groups in total. The quantitative estimate of drug-likeness (QED) is 0.378. The van der Waals surface area contributed by atoms with Crippen LogP contribution in [0.1, 0.15) is 100 Å². The first-order chi connectivity index (χ1) is 18.7. The zero-order valence-corrected chi connectivity index (χ0v) is 23.7. The number of ether oxygens (including phenoxy) is 1. The maximum absolute atomic E-state index is 13.5. The molecule has 4 rings (SSSR count). The summed E-state index contributed by atoms with van der Waals surface area (Å²) in [5, 5.41) is 12.4. The molecule has 0 spiro atoms. The Morgan fingerprint density at radius 2 is 1.68 bits per heavy atom. The molecule has 0 atom stereocenters. The van der Waals surface area contributed by atoms with Gasteiger partial charge in [-0.25, -0.2) is 4.98 Å². The van der Waals surface area contributed by atoms with Gasteiger partial charge in [-0.15, -0.1) is 13.2 Å². The number of alkyl halides is 3. The van der Waals surface area contributed by atoms with Gasteiger partial charge < -0.3 is 19.7 Å². The van der Waals surface area contributed by atoms with Gasteiger partial charge in [0.15, 0.2) is 0 Å². The first-order valence-corrected chi connectivity index (χ1v) is 14.2. The minimum Gasteiger partial charge on any atom is -0.481 e. The molecule has 2 aromatic heterocycles. The number of amides is 1. The van der Waals surface area contributed by atoms with Crippen LogP contribution in [0.4, 0.5) is 13.2 Å². The monoisotopic (exact) mass is 563 g/mol. The van der Waals surface area contributed by atoms with Crippen molar-refractivity contribution < 1.29 is 32.6 Å². The molecular formula is C30H40F3N3O4. The number of rotatable bonds is 7. The van der Waals surface area contributed by atoms with E-state index >= 15 is 0 Å². The topological polar surface area (TPSA) is 93.5 Å².